The Balaban J connectivity index is 2.00. The molecule has 1 heterocycles. The van der Waals surface area contributed by atoms with Gasteiger partial charge in [0, 0.05) is 17.9 Å². The molecule has 0 spiro atoms. The van der Waals surface area contributed by atoms with E-state index in [0.717, 1.165) is 10.9 Å². The second kappa shape index (κ2) is 7.46. The van der Waals surface area contributed by atoms with Crippen LogP contribution >= 0.6 is 23.4 Å². The van der Waals surface area contributed by atoms with Gasteiger partial charge >= 0.3 is 0 Å². The quantitative estimate of drug-likeness (QED) is 0.758. The maximum absolute atomic E-state index is 6.06. The van der Waals surface area contributed by atoms with Gasteiger partial charge in [-0.2, -0.15) is 0 Å². The highest BCUT2D eigenvalue weighted by Gasteiger charge is 2.20. The zero-order chi connectivity index (χ0) is 13.7. The van der Waals surface area contributed by atoms with Crippen molar-refractivity contribution in [2.24, 2.45) is 5.92 Å². The van der Waals surface area contributed by atoms with Gasteiger partial charge < -0.3 is 4.74 Å². The summed E-state index contributed by atoms with van der Waals surface area (Å²) in [5, 5.41) is 2.15. The van der Waals surface area contributed by atoms with Crippen molar-refractivity contribution >= 4 is 23.4 Å². The average molecular weight is 301 g/mol. The van der Waals surface area contributed by atoms with E-state index in [-0.39, 0.29) is 0 Å². The Morgan fingerprint density at radius 1 is 1.42 bits per heavy atom. The minimum Gasteiger partial charge on any atom is -0.374 e. The van der Waals surface area contributed by atoms with Crippen LogP contribution in [0.3, 0.4) is 0 Å². The van der Waals surface area contributed by atoms with E-state index < -0.39 is 0 Å². The molecule has 0 aliphatic heterocycles. The molecule has 1 saturated carbocycles. The molecule has 1 aliphatic rings. The Hall–Kier alpha value is -0.320. The number of ether oxygens (including phenoxy) is 1. The SMILES string of the molecule is CCOCc1nc(Cl)cc(SC2CCCC(C)C2)n1. The first-order valence-electron chi connectivity index (χ1n) is 6.95. The topological polar surface area (TPSA) is 35.0 Å². The molecule has 2 atom stereocenters. The number of hydrogen-bond donors (Lipinski definition) is 0. The van der Waals surface area contributed by atoms with Gasteiger partial charge in [-0.15, -0.1) is 11.8 Å². The summed E-state index contributed by atoms with van der Waals surface area (Å²) in [4.78, 5) is 8.73. The Bertz CT molecular complexity index is 416. The Kier molecular flexibility index (Phi) is 5.92. The van der Waals surface area contributed by atoms with Gasteiger partial charge in [0.05, 0.1) is 0 Å². The van der Waals surface area contributed by atoms with Crippen LogP contribution in [0.2, 0.25) is 5.15 Å². The van der Waals surface area contributed by atoms with Gasteiger partial charge in [0.1, 0.15) is 16.8 Å². The first kappa shape index (κ1) is 15.1. The van der Waals surface area contributed by atoms with E-state index in [4.69, 9.17) is 16.3 Å². The molecule has 1 aromatic heterocycles. The summed E-state index contributed by atoms with van der Waals surface area (Å²) in [6.07, 6.45) is 5.23. The molecule has 3 nitrogen and oxygen atoms in total. The fourth-order valence-corrected chi connectivity index (χ4v) is 4.07. The molecule has 19 heavy (non-hydrogen) atoms. The lowest BCUT2D eigenvalue weighted by atomic mass is 9.91. The monoisotopic (exact) mass is 300 g/mol. The van der Waals surface area contributed by atoms with Crippen LogP contribution in [-0.4, -0.2) is 21.8 Å². The second-order valence-electron chi connectivity index (χ2n) is 5.09. The maximum atomic E-state index is 6.06. The van der Waals surface area contributed by atoms with Gasteiger partial charge in [-0.25, -0.2) is 9.97 Å². The normalized spacial score (nSPS) is 23.5. The van der Waals surface area contributed by atoms with Crippen molar-refractivity contribution in [1.82, 2.24) is 9.97 Å². The first-order chi connectivity index (χ1) is 9.17. The Morgan fingerprint density at radius 3 is 3.00 bits per heavy atom. The molecule has 0 N–H and O–H groups in total. The van der Waals surface area contributed by atoms with Gasteiger partial charge in [-0.1, -0.05) is 31.4 Å². The number of thioether (sulfide) groups is 1. The van der Waals surface area contributed by atoms with Crippen molar-refractivity contribution in [3.8, 4) is 0 Å². The van der Waals surface area contributed by atoms with Gasteiger partial charge in [0.2, 0.25) is 0 Å². The molecule has 1 fully saturated rings. The molecular weight excluding hydrogens is 280 g/mol. The third-order valence-corrected chi connectivity index (χ3v) is 4.73. The summed E-state index contributed by atoms with van der Waals surface area (Å²) >= 11 is 7.89. The number of hydrogen-bond acceptors (Lipinski definition) is 4. The molecule has 106 valence electrons. The van der Waals surface area contributed by atoms with Crippen LogP contribution in [0.1, 0.15) is 45.4 Å². The van der Waals surface area contributed by atoms with Crippen LogP contribution in [0, 0.1) is 5.92 Å². The molecule has 5 heteroatoms. The summed E-state index contributed by atoms with van der Waals surface area (Å²) in [5.74, 6) is 1.51. The van der Waals surface area contributed by atoms with E-state index in [2.05, 4.69) is 16.9 Å². The van der Waals surface area contributed by atoms with Crippen molar-refractivity contribution in [1.29, 1.82) is 0 Å². The van der Waals surface area contributed by atoms with Gasteiger partial charge in [0.15, 0.2) is 5.82 Å². The molecule has 1 aromatic rings. The van der Waals surface area contributed by atoms with Crippen molar-refractivity contribution in [2.45, 2.75) is 56.4 Å². The summed E-state index contributed by atoms with van der Waals surface area (Å²) < 4.78 is 5.34. The molecule has 0 saturated heterocycles. The number of halogens is 1. The standard InChI is InChI=1S/C14H21ClN2OS/c1-3-18-9-13-16-12(15)8-14(17-13)19-11-6-4-5-10(2)7-11/h8,10-11H,3-7,9H2,1-2H3. The summed E-state index contributed by atoms with van der Waals surface area (Å²) in [7, 11) is 0. The summed E-state index contributed by atoms with van der Waals surface area (Å²) in [6.45, 7) is 5.40. The van der Waals surface area contributed by atoms with E-state index in [0.29, 0.717) is 29.4 Å². The average Bonchev–Trinajstić information content (AvgIpc) is 2.35. The third kappa shape index (κ3) is 4.93. The molecule has 2 unspecified atom stereocenters. The van der Waals surface area contributed by atoms with E-state index in [9.17, 15) is 0 Å². The highest BCUT2D eigenvalue weighted by Crippen LogP contribution is 2.35. The van der Waals surface area contributed by atoms with Crippen molar-refractivity contribution in [2.75, 3.05) is 6.61 Å². The van der Waals surface area contributed by atoms with Crippen LogP contribution in [0.4, 0.5) is 0 Å². The number of rotatable bonds is 5. The predicted octanol–water partition coefficient (Wildman–Crippen LogP) is 4.34. The molecule has 0 bridgehead atoms. The predicted molar refractivity (Wildman–Crippen MR) is 79.6 cm³/mol. The van der Waals surface area contributed by atoms with Crippen molar-refractivity contribution in [3.05, 3.63) is 17.0 Å². The van der Waals surface area contributed by atoms with Gasteiger partial charge in [-0.05, 0) is 25.7 Å². The number of aromatic nitrogens is 2. The van der Waals surface area contributed by atoms with E-state index in [1.165, 1.54) is 25.7 Å². The van der Waals surface area contributed by atoms with Crippen LogP contribution in [0.15, 0.2) is 11.1 Å². The molecule has 0 aromatic carbocycles. The smallest absolute Gasteiger partial charge is 0.156 e. The minimum atomic E-state index is 0.436. The van der Waals surface area contributed by atoms with E-state index in [1.54, 1.807) is 0 Å². The molecule has 1 aliphatic carbocycles. The second-order valence-corrected chi connectivity index (χ2v) is 6.80. The van der Waals surface area contributed by atoms with E-state index in [1.807, 2.05) is 24.8 Å². The fourth-order valence-electron chi connectivity index (χ4n) is 2.42. The van der Waals surface area contributed by atoms with Gasteiger partial charge in [-0.3, -0.25) is 0 Å². The number of nitrogens with zero attached hydrogens (tertiary/aromatic N) is 2. The summed E-state index contributed by atoms with van der Waals surface area (Å²) in [6, 6.07) is 1.86. The van der Waals surface area contributed by atoms with Crippen molar-refractivity contribution in [3.63, 3.8) is 0 Å². The molecule has 0 amide bonds. The zero-order valence-corrected chi connectivity index (χ0v) is 13.1. The lowest BCUT2D eigenvalue weighted by molar-refractivity contribution is 0.128. The highest BCUT2D eigenvalue weighted by molar-refractivity contribution is 7.99. The van der Waals surface area contributed by atoms with E-state index >= 15 is 0 Å². The highest BCUT2D eigenvalue weighted by atomic mass is 35.5. The van der Waals surface area contributed by atoms with Gasteiger partial charge in [0.25, 0.3) is 0 Å². The van der Waals surface area contributed by atoms with Crippen molar-refractivity contribution < 1.29 is 4.74 Å². The molecular formula is C14H21ClN2OS. The maximum Gasteiger partial charge on any atom is 0.156 e. The lowest BCUT2D eigenvalue weighted by Crippen LogP contribution is -2.15. The Morgan fingerprint density at radius 2 is 2.26 bits per heavy atom. The Labute approximate surface area is 124 Å². The van der Waals surface area contributed by atoms with Crippen LogP contribution in [0.5, 0.6) is 0 Å². The van der Waals surface area contributed by atoms with Crippen LogP contribution in [0.25, 0.3) is 0 Å². The largest absolute Gasteiger partial charge is 0.374 e. The first-order valence-corrected chi connectivity index (χ1v) is 8.21. The third-order valence-electron chi connectivity index (χ3n) is 3.33. The summed E-state index contributed by atoms with van der Waals surface area (Å²) in [5.41, 5.74) is 0. The lowest BCUT2D eigenvalue weighted by Gasteiger charge is -2.25. The van der Waals surface area contributed by atoms with Crippen LogP contribution in [-0.2, 0) is 11.3 Å². The zero-order valence-electron chi connectivity index (χ0n) is 11.6. The fraction of sp³-hybridized carbons (Fsp3) is 0.714. The van der Waals surface area contributed by atoms with Crippen LogP contribution < -0.4 is 0 Å². The minimum absolute atomic E-state index is 0.436. The molecule has 0 radical (unpaired) electrons. The molecule has 2 rings (SSSR count).